The summed E-state index contributed by atoms with van der Waals surface area (Å²) in [5.74, 6) is -0.424. The lowest BCUT2D eigenvalue weighted by molar-refractivity contribution is -0.120. The van der Waals surface area contributed by atoms with Crippen molar-refractivity contribution in [3.63, 3.8) is 0 Å². The van der Waals surface area contributed by atoms with Crippen LogP contribution in [0.4, 0.5) is 0 Å². The van der Waals surface area contributed by atoms with Crippen LogP contribution in [0.2, 0.25) is 0 Å². The molecule has 0 unspecified atom stereocenters. The minimum Gasteiger partial charge on any atom is -0.462 e. The molecule has 0 bridgehead atoms. The Kier molecular flexibility index (Phi) is 18.6. The van der Waals surface area contributed by atoms with E-state index < -0.39 is 11.9 Å². The first-order valence-electron chi connectivity index (χ1n) is 14.0. The summed E-state index contributed by atoms with van der Waals surface area (Å²) in [6.07, 6.45) is 18.9. The standard InChI is InChI=1S/C24H38O4.C6H10O/c1-3-5-7-9-11-15-19-27-23(25)21-17-13-14-18-22(21)24(26)28-20-16-12-10-8-6-4-2;7-6-4-2-1-3-5-6/h13-14,17-18H,3-12,15-16,19-20H2,1-2H3;1-5H2. The number of ketones is 1. The first-order chi connectivity index (χ1) is 17.1. The van der Waals surface area contributed by atoms with Gasteiger partial charge in [-0.05, 0) is 37.8 Å². The molecule has 0 N–H and O–H groups in total. The summed E-state index contributed by atoms with van der Waals surface area (Å²) in [5, 5.41) is 0. The van der Waals surface area contributed by atoms with E-state index in [0.29, 0.717) is 30.1 Å². The van der Waals surface area contributed by atoms with Crippen molar-refractivity contribution in [1.82, 2.24) is 0 Å². The van der Waals surface area contributed by atoms with Gasteiger partial charge in [-0.15, -0.1) is 0 Å². The van der Waals surface area contributed by atoms with E-state index in [-0.39, 0.29) is 0 Å². The smallest absolute Gasteiger partial charge is 0.339 e. The van der Waals surface area contributed by atoms with E-state index in [4.69, 9.17) is 9.47 Å². The summed E-state index contributed by atoms with van der Waals surface area (Å²) < 4.78 is 10.7. The van der Waals surface area contributed by atoms with E-state index in [0.717, 1.165) is 51.4 Å². The normalized spacial score (nSPS) is 13.0. The molecule has 1 aliphatic carbocycles. The van der Waals surface area contributed by atoms with Crippen molar-refractivity contribution < 1.29 is 23.9 Å². The van der Waals surface area contributed by atoms with Crippen LogP contribution in [-0.4, -0.2) is 30.9 Å². The van der Waals surface area contributed by atoms with Crippen molar-refractivity contribution in [3.05, 3.63) is 35.4 Å². The van der Waals surface area contributed by atoms with Gasteiger partial charge >= 0.3 is 11.9 Å². The van der Waals surface area contributed by atoms with Gasteiger partial charge in [0, 0.05) is 12.8 Å². The second kappa shape index (κ2) is 21.1. The minimum absolute atomic E-state index is 0.293. The molecule has 1 aromatic rings. The Hall–Kier alpha value is -2.17. The average molecular weight is 489 g/mol. The first kappa shape index (κ1) is 30.9. The van der Waals surface area contributed by atoms with Gasteiger partial charge in [-0.3, -0.25) is 4.79 Å². The van der Waals surface area contributed by atoms with Crippen LogP contribution in [0.1, 0.15) is 144 Å². The molecule has 198 valence electrons. The molecule has 0 spiro atoms. The van der Waals surface area contributed by atoms with Crippen LogP contribution in [0, 0.1) is 0 Å². The molecular weight excluding hydrogens is 440 g/mol. The van der Waals surface area contributed by atoms with Gasteiger partial charge in [0.1, 0.15) is 5.78 Å². The predicted octanol–water partition coefficient (Wildman–Crippen LogP) is 8.24. The van der Waals surface area contributed by atoms with Gasteiger partial charge in [0.2, 0.25) is 0 Å². The molecule has 0 heterocycles. The molecule has 0 radical (unpaired) electrons. The quantitative estimate of drug-likeness (QED) is 0.173. The van der Waals surface area contributed by atoms with Crippen molar-refractivity contribution in [2.75, 3.05) is 13.2 Å². The van der Waals surface area contributed by atoms with Crippen molar-refractivity contribution >= 4 is 17.7 Å². The fraction of sp³-hybridized carbons (Fsp3) is 0.700. The fourth-order valence-electron chi connectivity index (χ4n) is 4.04. The van der Waals surface area contributed by atoms with E-state index in [1.807, 2.05) is 0 Å². The molecule has 5 nitrogen and oxygen atoms in total. The van der Waals surface area contributed by atoms with Gasteiger partial charge in [0.25, 0.3) is 0 Å². The summed E-state index contributed by atoms with van der Waals surface area (Å²) in [6.45, 7) is 5.17. The average Bonchev–Trinajstić information content (AvgIpc) is 2.88. The number of carbonyl (C=O) groups excluding carboxylic acids is 3. The highest BCUT2D eigenvalue weighted by Crippen LogP contribution is 2.14. The number of rotatable bonds is 16. The van der Waals surface area contributed by atoms with Crippen molar-refractivity contribution in [2.24, 2.45) is 0 Å². The van der Waals surface area contributed by atoms with Crippen molar-refractivity contribution in [3.8, 4) is 0 Å². The zero-order valence-electron chi connectivity index (χ0n) is 22.3. The van der Waals surface area contributed by atoms with Crippen molar-refractivity contribution in [2.45, 2.75) is 123 Å². The topological polar surface area (TPSA) is 69.7 Å². The number of benzene rings is 1. The second-order valence-corrected chi connectivity index (χ2v) is 9.45. The molecule has 0 atom stereocenters. The first-order valence-corrected chi connectivity index (χ1v) is 14.0. The van der Waals surface area contributed by atoms with Crippen LogP contribution in [0.25, 0.3) is 0 Å². The Morgan fingerprint density at radius 2 is 1.03 bits per heavy atom. The Balaban J connectivity index is 0.000000744. The lowest BCUT2D eigenvalue weighted by Gasteiger charge is -2.10. The van der Waals surface area contributed by atoms with Crippen LogP contribution in [0.3, 0.4) is 0 Å². The fourth-order valence-corrected chi connectivity index (χ4v) is 4.04. The van der Waals surface area contributed by atoms with Crippen LogP contribution in [-0.2, 0) is 14.3 Å². The number of Topliss-reactive ketones (excluding diaryl/α,β-unsaturated/α-hetero) is 1. The lowest BCUT2D eigenvalue weighted by Crippen LogP contribution is -2.15. The van der Waals surface area contributed by atoms with Crippen LogP contribution in [0.15, 0.2) is 24.3 Å². The van der Waals surface area contributed by atoms with E-state index in [9.17, 15) is 14.4 Å². The number of ether oxygens (including phenoxy) is 2. The number of hydrogen-bond donors (Lipinski definition) is 0. The SMILES string of the molecule is CCCCCCCCOC(=O)c1ccccc1C(=O)OCCCCCCCC.O=C1CCCCC1. The zero-order chi connectivity index (χ0) is 25.6. The lowest BCUT2D eigenvalue weighted by atomic mass is 10.00. The molecule has 35 heavy (non-hydrogen) atoms. The predicted molar refractivity (Wildman–Crippen MR) is 142 cm³/mol. The van der Waals surface area contributed by atoms with E-state index in [1.165, 1.54) is 57.8 Å². The van der Waals surface area contributed by atoms with Gasteiger partial charge in [0.15, 0.2) is 0 Å². The monoisotopic (exact) mass is 488 g/mol. The van der Waals surface area contributed by atoms with Gasteiger partial charge < -0.3 is 9.47 Å². The molecule has 0 aliphatic heterocycles. The highest BCUT2D eigenvalue weighted by molar-refractivity contribution is 6.03. The molecule has 1 saturated carbocycles. The zero-order valence-corrected chi connectivity index (χ0v) is 22.3. The Morgan fingerprint density at radius 3 is 1.40 bits per heavy atom. The summed E-state index contributed by atoms with van der Waals surface area (Å²) in [6, 6.07) is 6.74. The molecule has 5 heteroatoms. The van der Waals surface area contributed by atoms with Gasteiger partial charge in [-0.25, -0.2) is 9.59 Å². The minimum atomic E-state index is -0.444. The van der Waals surface area contributed by atoms with E-state index in [1.54, 1.807) is 24.3 Å². The maximum Gasteiger partial charge on any atom is 0.339 e. The third kappa shape index (κ3) is 15.4. The molecule has 1 aliphatic rings. The summed E-state index contributed by atoms with van der Waals surface area (Å²) in [7, 11) is 0. The third-order valence-corrected chi connectivity index (χ3v) is 6.24. The number of esters is 2. The molecule has 0 saturated heterocycles. The van der Waals surface area contributed by atoms with Crippen LogP contribution < -0.4 is 0 Å². The van der Waals surface area contributed by atoms with E-state index >= 15 is 0 Å². The Labute approximate surface area is 213 Å². The van der Waals surface area contributed by atoms with Crippen LogP contribution in [0.5, 0.6) is 0 Å². The van der Waals surface area contributed by atoms with E-state index in [2.05, 4.69) is 13.8 Å². The second-order valence-electron chi connectivity index (χ2n) is 9.45. The summed E-state index contributed by atoms with van der Waals surface area (Å²) >= 11 is 0. The maximum absolute atomic E-state index is 12.4. The molecule has 1 aromatic carbocycles. The molecule has 0 amide bonds. The molecular formula is C30H48O5. The summed E-state index contributed by atoms with van der Waals surface area (Å²) in [4.78, 5) is 35.2. The summed E-state index contributed by atoms with van der Waals surface area (Å²) in [5.41, 5.74) is 0.586. The van der Waals surface area contributed by atoms with Crippen molar-refractivity contribution in [1.29, 1.82) is 0 Å². The maximum atomic E-state index is 12.4. The molecule has 1 fully saturated rings. The molecule has 0 aromatic heterocycles. The van der Waals surface area contributed by atoms with Gasteiger partial charge in [-0.1, -0.05) is 96.6 Å². The van der Waals surface area contributed by atoms with Gasteiger partial charge in [0.05, 0.1) is 24.3 Å². The highest BCUT2D eigenvalue weighted by atomic mass is 16.5. The number of hydrogen-bond acceptors (Lipinski definition) is 5. The molecule has 2 rings (SSSR count). The number of unbranched alkanes of at least 4 members (excludes halogenated alkanes) is 10. The largest absolute Gasteiger partial charge is 0.462 e. The number of carbonyl (C=O) groups is 3. The van der Waals surface area contributed by atoms with Crippen LogP contribution >= 0.6 is 0 Å². The highest BCUT2D eigenvalue weighted by Gasteiger charge is 2.18. The Bertz CT molecular complexity index is 655. The van der Waals surface area contributed by atoms with Gasteiger partial charge in [-0.2, -0.15) is 0 Å². The third-order valence-electron chi connectivity index (χ3n) is 6.24. The Morgan fingerprint density at radius 1 is 0.629 bits per heavy atom.